The predicted octanol–water partition coefficient (Wildman–Crippen LogP) is 3.66. The monoisotopic (exact) mass is 379 g/mol. The Morgan fingerprint density at radius 3 is 2.54 bits per heavy atom. The lowest BCUT2D eigenvalue weighted by atomic mass is 10.1. The molecule has 0 saturated carbocycles. The number of nitrogens with one attached hydrogen (secondary N) is 2. The molecule has 2 amide bonds. The zero-order valence-corrected chi connectivity index (χ0v) is 15.1. The number of anilines is 2. The van der Waals surface area contributed by atoms with E-state index < -0.39 is 0 Å². The molecular weight excluding hydrogens is 361 g/mol. The summed E-state index contributed by atoms with van der Waals surface area (Å²) in [6.45, 7) is 0. The second-order valence-corrected chi connectivity index (χ2v) is 5.96. The number of methoxy groups -OCH3 is 1. The summed E-state index contributed by atoms with van der Waals surface area (Å²) in [7, 11) is 1.47. The number of hydrogen-bond acceptors (Lipinski definition) is 4. The highest BCUT2D eigenvalue weighted by atomic mass is 19.1. The molecular formula is C21H18FN3O3. The average Bonchev–Trinajstić information content (AvgIpc) is 2.71. The number of amides is 2. The minimum atomic E-state index is -0.349. The van der Waals surface area contributed by atoms with Crippen molar-refractivity contribution in [3.63, 3.8) is 0 Å². The predicted molar refractivity (Wildman–Crippen MR) is 104 cm³/mol. The zero-order chi connectivity index (χ0) is 19.9. The summed E-state index contributed by atoms with van der Waals surface area (Å²) >= 11 is 0. The van der Waals surface area contributed by atoms with Crippen LogP contribution in [0.4, 0.5) is 15.8 Å². The van der Waals surface area contributed by atoms with Gasteiger partial charge in [-0.3, -0.25) is 14.6 Å². The van der Waals surface area contributed by atoms with E-state index in [1.54, 1.807) is 48.7 Å². The third kappa shape index (κ3) is 4.91. The first-order valence-electron chi connectivity index (χ1n) is 8.49. The smallest absolute Gasteiger partial charge is 0.257 e. The largest absolute Gasteiger partial charge is 0.494 e. The number of carbonyl (C=O) groups is 2. The molecule has 0 saturated heterocycles. The number of halogens is 1. The number of aromatic nitrogens is 1. The molecule has 3 rings (SSSR count). The van der Waals surface area contributed by atoms with Crippen LogP contribution in [0, 0.1) is 5.82 Å². The van der Waals surface area contributed by atoms with Crippen molar-refractivity contribution in [2.24, 2.45) is 0 Å². The Bertz CT molecular complexity index is 976. The van der Waals surface area contributed by atoms with E-state index in [1.807, 2.05) is 0 Å². The van der Waals surface area contributed by atoms with Crippen molar-refractivity contribution in [2.75, 3.05) is 17.7 Å². The highest BCUT2D eigenvalue weighted by molar-refractivity contribution is 6.05. The maximum Gasteiger partial charge on any atom is 0.257 e. The summed E-state index contributed by atoms with van der Waals surface area (Å²) in [5.41, 5.74) is 2.10. The van der Waals surface area contributed by atoms with Crippen LogP contribution in [0.3, 0.4) is 0 Å². The second-order valence-electron chi connectivity index (χ2n) is 5.96. The van der Waals surface area contributed by atoms with Crippen molar-refractivity contribution >= 4 is 23.2 Å². The topological polar surface area (TPSA) is 80.3 Å². The van der Waals surface area contributed by atoms with E-state index in [4.69, 9.17) is 4.74 Å². The SMILES string of the molecule is COc1cc(NC(=O)Cc2ccc(F)cc2)ccc1NC(=O)c1cccnc1. The van der Waals surface area contributed by atoms with Gasteiger partial charge in [0.2, 0.25) is 5.91 Å². The number of carbonyl (C=O) groups excluding carboxylic acids is 2. The Labute approximate surface area is 161 Å². The summed E-state index contributed by atoms with van der Waals surface area (Å²) in [6.07, 6.45) is 3.16. The molecule has 0 fully saturated rings. The van der Waals surface area contributed by atoms with Crippen LogP contribution in [0.1, 0.15) is 15.9 Å². The summed E-state index contributed by atoms with van der Waals surface area (Å²) < 4.78 is 18.3. The fourth-order valence-corrected chi connectivity index (χ4v) is 2.56. The first-order chi connectivity index (χ1) is 13.5. The summed E-state index contributed by atoms with van der Waals surface area (Å²) in [4.78, 5) is 28.4. The quantitative estimate of drug-likeness (QED) is 0.685. The average molecular weight is 379 g/mol. The van der Waals surface area contributed by atoms with Gasteiger partial charge in [-0.05, 0) is 42.0 Å². The Morgan fingerprint density at radius 1 is 1.07 bits per heavy atom. The van der Waals surface area contributed by atoms with Crippen LogP contribution >= 0.6 is 0 Å². The third-order valence-electron chi connectivity index (χ3n) is 3.94. The molecule has 28 heavy (non-hydrogen) atoms. The summed E-state index contributed by atoms with van der Waals surface area (Å²) in [6, 6.07) is 14.0. The van der Waals surface area contributed by atoms with Gasteiger partial charge in [-0.15, -0.1) is 0 Å². The molecule has 0 aliphatic carbocycles. The van der Waals surface area contributed by atoms with Crippen LogP contribution in [-0.4, -0.2) is 23.9 Å². The van der Waals surface area contributed by atoms with E-state index in [9.17, 15) is 14.0 Å². The minimum absolute atomic E-state index is 0.113. The van der Waals surface area contributed by atoms with Crippen LogP contribution in [-0.2, 0) is 11.2 Å². The van der Waals surface area contributed by atoms with Gasteiger partial charge in [0, 0.05) is 24.1 Å². The molecule has 0 aliphatic heterocycles. The molecule has 3 aromatic rings. The van der Waals surface area contributed by atoms with Gasteiger partial charge in [0.05, 0.1) is 24.8 Å². The lowest BCUT2D eigenvalue weighted by molar-refractivity contribution is -0.115. The fourth-order valence-electron chi connectivity index (χ4n) is 2.56. The molecule has 0 atom stereocenters. The molecule has 1 aromatic heterocycles. The molecule has 142 valence electrons. The van der Waals surface area contributed by atoms with E-state index in [0.717, 1.165) is 0 Å². The Balaban J connectivity index is 1.67. The fraction of sp³-hybridized carbons (Fsp3) is 0.0952. The highest BCUT2D eigenvalue weighted by Gasteiger charge is 2.12. The Morgan fingerprint density at radius 2 is 1.86 bits per heavy atom. The van der Waals surface area contributed by atoms with Gasteiger partial charge in [-0.2, -0.15) is 0 Å². The van der Waals surface area contributed by atoms with Gasteiger partial charge >= 0.3 is 0 Å². The molecule has 1 heterocycles. The summed E-state index contributed by atoms with van der Waals surface area (Å²) in [5, 5.41) is 5.51. The number of nitrogens with zero attached hydrogens (tertiary/aromatic N) is 1. The van der Waals surface area contributed by atoms with Gasteiger partial charge in [0.1, 0.15) is 11.6 Å². The second kappa shape index (κ2) is 8.77. The van der Waals surface area contributed by atoms with Gasteiger partial charge in [0.15, 0.2) is 0 Å². The number of rotatable bonds is 6. The van der Waals surface area contributed by atoms with Crippen molar-refractivity contribution in [1.82, 2.24) is 4.98 Å². The lowest BCUT2D eigenvalue weighted by Crippen LogP contribution is -2.15. The van der Waals surface area contributed by atoms with E-state index in [-0.39, 0.29) is 24.1 Å². The molecule has 0 bridgehead atoms. The number of pyridine rings is 1. The molecule has 0 unspecified atom stereocenters. The molecule has 2 aromatic carbocycles. The highest BCUT2D eigenvalue weighted by Crippen LogP contribution is 2.28. The van der Waals surface area contributed by atoms with Gasteiger partial charge in [0.25, 0.3) is 5.91 Å². The van der Waals surface area contributed by atoms with Crippen molar-refractivity contribution in [3.8, 4) is 5.75 Å². The van der Waals surface area contributed by atoms with E-state index in [0.29, 0.717) is 28.3 Å². The minimum Gasteiger partial charge on any atom is -0.494 e. The number of ether oxygens (including phenoxy) is 1. The number of benzene rings is 2. The summed E-state index contributed by atoms with van der Waals surface area (Å²) in [5.74, 6) is -0.519. The zero-order valence-electron chi connectivity index (χ0n) is 15.1. The van der Waals surface area contributed by atoms with Gasteiger partial charge < -0.3 is 15.4 Å². The maximum absolute atomic E-state index is 12.9. The lowest BCUT2D eigenvalue weighted by Gasteiger charge is -2.13. The third-order valence-corrected chi connectivity index (χ3v) is 3.94. The van der Waals surface area contributed by atoms with Crippen LogP contribution in [0.25, 0.3) is 0 Å². The van der Waals surface area contributed by atoms with Gasteiger partial charge in [-0.1, -0.05) is 12.1 Å². The van der Waals surface area contributed by atoms with Crippen LogP contribution in [0.5, 0.6) is 5.75 Å². The van der Waals surface area contributed by atoms with Crippen molar-refractivity contribution < 1.29 is 18.7 Å². The van der Waals surface area contributed by atoms with E-state index in [2.05, 4.69) is 15.6 Å². The van der Waals surface area contributed by atoms with Crippen molar-refractivity contribution in [1.29, 1.82) is 0 Å². The standard InChI is InChI=1S/C21H18FN3O3/c1-28-19-12-17(24-20(26)11-14-4-6-16(22)7-5-14)8-9-18(19)25-21(27)15-3-2-10-23-13-15/h2-10,12-13H,11H2,1H3,(H,24,26)(H,25,27). The van der Waals surface area contributed by atoms with Crippen molar-refractivity contribution in [3.05, 3.63) is 83.9 Å². The van der Waals surface area contributed by atoms with Crippen LogP contribution < -0.4 is 15.4 Å². The molecule has 6 nitrogen and oxygen atoms in total. The molecule has 7 heteroatoms. The molecule has 2 N–H and O–H groups in total. The Hall–Kier alpha value is -3.74. The normalized spacial score (nSPS) is 10.2. The number of hydrogen-bond donors (Lipinski definition) is 2. The van der Waals surface area contributed by atoms with Gasteiger partial charge in [-0.25, -0.2) is 4.39 Å². The molecule has 0 spiro atoms. The first-order valence-corrected chi connectivity index (χ1v) is 8.49. The first kappa shape index (κ1) is 19.0. The van der Waals surface area contributed by atoms with Crippen LogP contribution in [0.2, 0.25) is 0 Å². The van der Waals surface area contributed by atoms with Crippen LogP contribution in [0.15, 0.2) is 67.0 Å². The van der Waals surface area contributed by atoms with E-state index >= 15 is 0 Å². The molecule has 0 aliphatic rings. The van der Waals surface area contributed by atoms with Crippen molar-refractivity contribution in [2.45, 2.75) is 6.42 Å². The molecule has 0 radical (unpaired) electrons. The van der Waals surface area contributed by atoms with E-state index in [1.165, 1.54) is 25.4 Å². The Kier molecular flexibility index (Phi) is 5.96. The maximum atomic E-state index is 12.9.